The first-order valence-corrected chi connectivity index (χ1v) is 11.7. The van der Waals surface area contributed by atoms with Crippen LogP contribution in [0.15, 0.2) is 66.2 Å². The van der Waals surface area contributed by atoms with Gasteiger partial charge in [0.1, 0.15) is 17.3 Å². The van der Waals surface area contributed by atoms with Crippen LogP contribution >= 0.6 is 11.3 Å². The Balaban J connectivity index is 1.39. The van der Waals surface area contributed by atoms with E-state index >= 15 is 0 Å². The molecule has 2 aromatic carbocycles. The van der Waals surface area contributed by atoms with Crippen LogP contribution in [0.3, 0.4) is 0 Å². The monoisotopic (exact) mass is 470 g/mol. The summed E-state index contributed by atoms with van der Waals surface area (Å²) in [5.41, 5.74) is 5.89. The van der Waals surface area contributed by atoms with E-state index in [9.17, 15) is 9.59 Å². The number of thiazole rings is 1. The van der Waals surface area contributed by atoms with Crippen LogP contribution in [0.2, 0.25) is 0 Å². The van der Waals surface area contributed by atoms with Crippen molar-refractivity contribution in [1.29, 1.82) is 0 Å². The Bertz CT molecular complexity index is 1380. The van der Waals surface area contributed by atoms with Crippen LogP contribution in [0.4, 0.5) is 11.4 Å². The van der Waals surface area contributed by atoms with Gasteiger partial charge in [0, 0.05) is 22.8 Å². The van der Waals surface area contributed by atoms with Crippen LogP contribution < -0.4 is 15.0 Å². The van der Waals surface area contributed by atoms with E-state index in [4.69, 9.17) is 9.72 Å². The number of amides is 2. The Morgan fingerprint density at radius 3 is 2.76 bits per heavy atom. The number of carbonyl (C=O) groups is 2. The van der Waals surface area contributed by atoms with Gasteiger partial charge in [-0.05, 0) is 67.4 Å². The molecule has 0 atom stereocenters. The Morgan fingerprint density at radius 2 is 1.97 bits per heavy atom. The van der Waals surface area contributed by atoms with E-state index < -0.39 is 0 Å². The topological polar surface area (TPSA) is 84.4 Å². The van der Waals surface area contributed by atoms with Crippen molar-refractivity contribution in [1.82, 2.24) is 9.97 Å². The van der Waals surface area contributed by atoms with Gasteiger partial charge in [-0.2, -0.15) is 0 Å². The van der Waals surface area contributed by atoms with Gasteiger partial charge in [-0.1, -0.05) is 12.1 Å². The van der Waals surface area contributed by atoms with Gasteiger partial charge in [-0.15, -0.1) is 11.3 Å². The highest BCUT2D eigenvalue weighted by atomic mass is 32.1. The summed E-state index contributed by atoms with van der Waals surface area (Å²) < 4.78 is 5.61. The molecule has 8 heteroatoms. The molecule has 0 radical (unpaired) electrons. The third kappa shape index (κ3) is 4.40. The second kappa shape index (κ2) is 9.07. The summed E-state index contributed by atoms with van der Waals surface area (Å²) in [5, 5.41) is 5.65. The van der Waals surface area contributed by atoms with Gasteiger partial charge in [0.25, 0.3) is 5.91 Å². The number of pyridine rings is 1. The van der Waals surface area contributed by atoms with Crippen molar-refractivity contribution < 1.29 is 14.3 Å². The van der Waals surface area contributed by atoms with Crippen LogP contribution in [0.5, 0.6) is 5.75 Å². The highest BCUT2D eigenvalue weighted by Crippen LogP contribution is 2.37. The lowest BCUT2D eigenvalue weighted by atomic mass is 10.1. The number of ether oxygens (including phenoxy) is 1. The first-order chi connectivity index (χ1) is 16.5. The normalized spacial score (nSPS) is 12.8. The van der Waals surface area contributed by atoms with Crippen molar-refractivity contribution >= 4 is 34.5 Å². The maximum atomic E-state index is 12.8. The van der Waals surface area contributed by atoms with Crippen LogP contribution in [-0.4, -0.2) is 34.9 Å². The molecule has 1 aliphatic rings. The Labute approximate surface area is 201 Å². The van der Waals surface area contributed by atoms with E-state index in [1.165, 1.54) is 16.2 Å². The van der Waals surface area contributed by atoms with Gasteiger partial charge in [0.2, 0.25) is 5.91 Å². The average molecular weight is 471 g/mol. The molecule has 5 rings (SSSR count). The predicted octanol–water partition coefficient (Wildman–Crippen LogP) is 4.85. The van der Waals surface area contributed by atoms with E-state index in [0.717, 1.165) is 33.1 Å². The average Bonchev–Trinajstić information content (AvgIpc) is 3.34. The summed E-state index contributed by atoms with van der Waals surface area (Å²) in [5.74, 6) is 0.0100. The molecule has 0 saturated heterocycles. The van der Waals surface area contributed by atoms with Crippen molar-refractivity contribution in [3.05, 3.63) is 77.3 Å². The minimum absolute atomic E-state index is 0.107. The summed E-state index contributed by atoms with van der Waals surface area (Å²) in [7, 11) is 0. The Morgan fingerprint density at radius 1 is 1.09 bits per heavy atom. The van der Waals surface area contributed by atoms with Crippen molar-refractivity contribution in [3.8, 4) is 27.7 Å². The third-order valence-electron chi connectivity index (χ3n) is 5.68. The molecular formula is C26H22N4O3S. The summed E-state index contributed by atoms with van der Waals surface area (Å²) in [6, 6.07) is 17.0. The molecule has 1 N–H and O–H groups in total. The molecule has 170 valence electrons. The Kier molecular flexibility index (Phi) is 5.81. The number of aromatic nitrogens is 2. The molecule has 2 amide bonds. The second-order valence-corrected chi connectivity index (χ2v) is 8.91. The summed E-state index contributed by atoms with van der Waals surface area (Å²) in [6.45, 7) is 3.79. The molecule has 34 heavy (non-hydrogen) atoms. The van der Waals surface area contributed by atoms with Gasteiger partial charge >= 0.3 is 0 Å². The number of nitrogens with zero attached hydrogens (tertiary/aromatic N) is 3. The first kappa shape index (κ1) is 21.8. The van der Waals surface area contributed by atoms with E-state index in [1.54, 1.807) is 6.20 Å². The van der Waals surface area contributed by atoms with E-state index in [2.05, 4.69) is 10.3 Å². The van der Waals surface area contributed by atoms with Gasteiger partial charge < -0.3 is 10.1 Å². The fourth-order valence-electron chi connectivity index (χ4n) is 3.71. The van der Waals surface area contributed by atoms with Crippen LogP contribution in [-0.2, 0) is 9.59 Å². The minimum atomic E-state index is -0.277. The summed E-state index contributed by atoms with van der Waals surface area (Å²) >= 11 is 1.50. The highest BCUT2D eigenvalue weighted by Gasteiger charge is 2.28. The van der Waals surface area contributed by atoms with Crippen molar-refractivity contribution in [2.45, 2.75) is 13.8 Å². The SMILES string of the molecule is Cc1ccc(NC(=O)CN2C(=O)COc3ccc(-c4csc(-c5ccccn5)n4)cc32)cc1C. The predicted molar refractivity (Wildman–Crippen MR) is 133 cm³/mol. The van der Waals surface area contributed by atoms with Gasteiger partial charge in [0.05, 0.1) is 17.1 Å². The maximum absolute atomic E-state index is 12.8. The number of fused-ring (bicyclic) bond motifs is 1. The number of benzene rings is 2. The standard InChI is InChI=1S/C26H22N4O3S/c1-16-6-8-19(11-17(16)2)28-24(31)13-30-22-12-18(7-9-23(22)33-14-25(30)32)21-15-34-26(29-21)20-5-3-4-10-27-20/h3-12,15H,13-14H2,1-2H3,(H,28,31). The molecule has 0 saturated carbocycles. The zero-order chi connectivity index (χ0) is 23.7. The zero-order valence-corrected chi connectivity index (χ0v) is 19.6. The first-order valence-electron chi connectivity index (χ1n) is 10.8. The summed E-state index contributed by atoms with van der Waals surface area (Å²) in [6.07, 6.45) is 1.74. The highest BCUT2D eigenvalue weighted by molar-refractivity contribution is 7.13. The molecule has 4 aromatic rings. The van der Waals surface area contributed by atoms with Crippen LogP contribution in [0.25, 0.3) is 22.0 Å². The largest absolute Gasteiger partial charge is 0.482 e. The van der Waals surface area contributed by atoms with Crippen molar-refractivity contribution in [2.24, 2.45) is 0 Å². The van der Waals surface area contributed by atoms with Crippen LogP contribution in [0, 0.1) is 13.8 Å². The molecule has 0 bridgehead atoms. The smallest absolute Gasteiger partial charge is 0.265 e. The molecule has 3 heterocycles. The fraction of sp³-hybridized carbons (Fsp3) is 0.154. The molecule has 0 unspecified atom stereocenters. The fourth-order valence-corrected chi connectivity index (χ4v) is 4.52. The molecule has 1 aliphatic heterocycles. The molecule has 0 spiro atoms. The minimum Gasteiger partial charge on any atom is -0.482 e. The van der Waals surface area contributed by atoms with E-state index in [0.29, 0.717) is 17.1 Å². The van der Waals surface area contributed by atoms with Gasteiger partial charge in [-0.25, -0.2) is 4.98 Å². The number of nitrogens with one attached hydrogen (secondary N) is 1. The third-order valence-corrected chi connectivity index (χ3v) is 6.54. The number of aryl methyl sites for hydroxylation is 2. The number of hydrogen-bond donors (Lipinski definition) is 1. The summed E-state index contributed by atoms with van der Waals surface area (Å²) in [4.78, 5) is 36.0. The molecule has 0 fully saturated rings. The molecular weight excluding hydrogens is 448 g/mol. The lowest BCUT2D eigenvalue weighted by Gasteiger charge is -2.29. The van der Waals surface area contributed by atoms with Crippen LogP contribution in [0.1, 0.15) is 11.1 Å². The Hall–Kier alpha value is -4.04. The van der Waals surface area contributed by atoms with Crippen molar-refractivity contribution in [2.75, 3.05) is 23.4 Å². The van der Waals surface area contributed by atoms with Gasteiger partial charge in [0.15, 0.2) is 6.61 Å². The zero-order valence-electron chi connectivity index (χ0n) is 18.7. The number of hydrogen-bond acceptors (Lipinski definition) is 6. The molecule has 7 nitrogen and oxygen atoms in total. The van der Waals surface area contributed by atoms with Gasteiger partial charge in [-0.3, -0.25) is 19.5 Å². The number of anilines is 2. The number of rotatable bonds is 5. The number of carbonyl (C=O) groups excluding carboxylic acids is 2. The van der Waals surface area contributed by atoms with Crippen molar-refractivity contribution in [3.63, 3.8) is 0 Å². The van der Waals surface area contributed by atoms with E-state index in [-0.39, 0.29) is 25.0 Å². The maximum Gasteiger partial charge on any atom is 0.265 e. The quantitative estimate of drug-likeness (QED) is 0.451. The van der Waals surface area contributed by atoms with E-state index in [1.807, 2.05) is 73.8 Å². The second-order valence-electron chi connectivity index (χ2n) is 8.05. The molecule has 0 aliphatic carbocycles. The molecule has 2 aromatic heterocycles. The lowest BCUT2D eigenvalue weighted by molar-refractivity contribution is -0.123. The lowest BCUT2D eigenvalue weighted by Crippen LogP contribution is -2.43.